The van der Waals surface area contributed by atoms with Gasteiger partial charge in [0.1, 0.15) is 0 Å². The largest absolute Gasteiger partial charge is 0.515 e. The van der Waals surface area contributed by atoms with Gasteiger partial charge in [-0.15, -0.1) is 0 Å². The Morgan fingerprint density at radius 3 is 3.00 bits per heavy atom. The first kappa shape index (κ1) is 9.27. The molecule has 1 fully saturated rings. The second-order valence-corrected chi connectivity index (χ2v) is 3.70. The van der Waals surface area contributed by atoms with Gasteiger partial charge in [-0.05, 0) is 13.3 Å². The number of carbonyl (C=O) groups excluding carboxylic acids is 1. The Morgan fingerprint density at radius 1 is 1.64 bits per heavy atom. The number of carbonyl (C=O) groups is 1. The van der Waals surface area contributed by atoms with Crippen LogP contribution in [0.4, 0.5) is 0 Å². The summed E-state index contributed by atoms with van der Waals surface area (Å²) in [5, 5.41) is 18.5. The quantitative estimate of drug-likeness (QED) is 0.261. The van der Waals surface area contributed by atoms with Crippen LogP contribution in [0.5, 0.6) is 0 Å². The predicted molar refractivity (Wildman–Crippen MR) is 48.2 cm³/mol. The van der Waals surface area contributed by atoms with Gasteiger partial charge < -0.3 is 14.9 Å². The van der Waals surface area contributed by atoms with Crippen LogP contribution >= 0.6 is 0 Å². The van der Waals surface area contributed by atoms with Gasteiger partial charge in [-0.1, -0.05) is 11.6 Å². The summed E-state index contributed by atoms with van der Waals surface area (Å²) in [4.78, 5) is 11.3. The number of ether oxygens (including phenoxy) is 1. The fourth-order valence-electron chi connectivity index (χ4n) is 2.21. The molecule has 0 radical (unpaired) electrons. The molecule has 0 aromatic carbocycles. The Morgan fingerprint density at radius 2 is 2.36 bits per heavy atom. The highest BCUT2D eigenvalue weighted by Crippen LogP contribution is 2.42. The molecule has 76 valence electrons. The third-order valence-electron chi connectivity index (χ3n) is 2.96. The van der Waals surface area contributed by atoms with Crippen LogP contribution < -0.4 is 0 Å². The van der Waals surface area contributed by atoms with E-state index in [0.717, 1.165) is 11.8 Å². The van der Waals surface area contributed by atoms with Gasteiger partial charge in [0, 0.05) is 11.8 Å². The summed E-state index contributed by atoms with van der Waals surface area (Å²) in [6.07, 6.45) is 2.35. The molecule has 1 aliphatic heterocycles. The molecule has 1 heterocycles. The number of aliphatic hydroxyl groups excluding tert-OH is 2. The number of hydrogen-bond donors (Lipinski definition) is 2. The molecule has 1 saturated heterocycles. The van der Waals surface area contributed by atoms with Gasteiger partial charge in [0.25, 0.3) is 0 Å². The summed E-state index contributed by atoms with van der Waals surface area (Å²) in [6, 6.07) is 0. The summed E-state index contributed by atoms with van der Waals surface area (Å²) in [7, 11) is 0. The highest BCUT2D eigenvalue weighted by atomic mass is 16.6. The lowest BCUT2D eigenvalue weighted by atomic mass is 9.83. The smallest absolute Gasteiger partial charge is 0.339 e. The topological polar surface area (TPSA) is 66.8 Å². The minimum absolute atomic E-state index is 0.128. The molecule has 0 aromatic rings. The molecule has 0 unspecified atom stereocenters. The second kappa shape index (κ2) is 3.13. The van der Waals surface area contributed by atoms with Crippen LogP contribution in [0.3, 0.4) is 0 Å². The number of aliphatic hydroxyl groups is 2. The maximum atomic E-state index is 11.3. The van der Waals surface area contributed by atoms with Crippen molar-refractivity contribution in [3.05, 3.63) is 23.5 Å². The van der Waals surface area contributed by atoms with Crippen molar-refractivity contribution in [1.82, 2.24) is 0 Å². The third kappa shape index (κ3) is 1.14. The Hall–Kier alpha value is -1.29. The average Bonchev–Trinajstić information content (AvgIpc) is 2.49. The van der Waals surface area contributed by atoms with E-state index in [9.17, 15) is 9.90 Å². The number of allylic oxidation sites excluding steroid dienone is 1. The number of fused-ring (bicyclic) bond motifs is 1. The molecule has 2 rings (SSSR count). The zero-order valence-electron chi connectivity index (χ0n) is 7.80. The van der Waals surface area contributed by atoms with Crippen molar-refractivity contribution in [3.63, 3.8) is 0 Å². The van der Waals surface area contributed by atoms with Gasteiger partial charge in [-0.3, -0.25) is 0 Å². The van der Waals surface area contributed by atoms with Crippen LogP contribution in [0.15, 0.2) is 23.5 Å². The standard InChI is InChI=1S/C10H12O4/c1-5-2-3-6-7(4-11)9(12)14-10(13)8(5)6/h2,4,6,8,10-11,13H,3H2,1H3/b7-4-/t6-,8-,10+/m1/s1. The summed E-state index contributed by atoms with van der Waals surface area (Å²) in [5.41, 5.74) is 1.27. The van der Waals surface area contributed by atoms with E-state index < -0.39 is 12.3 Å². The van der Waals surface area contributed by atoms with E-state index in [1.807, 2.05) is 13.0 Å². The summed E-state index contributed by atoms with van der Waals surface area (Å²) < 4.78 is 4.72. The second-order valence-electron chi connectivity index (χ2n) is 3.70. The van der Waals surface area contributed by atoms with E-state index in [1.54, 1.807) is 0 Å². The molecule has 14 heavy (non-hydrogen) atoms. The van der Waals surface area contributed by atoms with Crippen LogP contribution in [0.25, 0.3) is 0 Å². The first-order valence-electron chi connectivity index (χ1n) is 4.55. The van der Waals surface area contributed by atoms with E-state index in [-0.39, 0.29) is 17.4 Å². The minimum Gasteiger partial charge on any atom is -0.515 e. The number of cyclic esters (lactones) is 1. The maximum absolute atomic E-state index is 11.3. The van der Waals surface area contributed by atoms with Crippen molar-refractivity contribution in [1.29, 1.82) is 0 Å². The summed E-state index contributed by atoms with van der Waals surface area (Å²) in [5.74, 6) is -0.938. The first-order chi connectivity index (χ1) is 6.65. The Bertz CT molecular complexity index is 329. The molecule has 0 bridgehead atoms. The normalized spacial score (nSPS) is 39.3. The third-order valence-corrected chi connectivity index (χ3v) is 2.96. The molecule has 0 saturated carbocycles. The van der Waals surface area contributed by atoms with Crippen LogP contribution in [0, 0.1) is 11.8 Å². The van der Waals surface area contributed by atoms with Gasteiger partial charge in [-0.2, -0.15) is 0 Å². The molecular formula is C10H12O4. The lowest BCUT2D eigenvalue weighted by Gasteiger charge is -2.32. The lowest BCUT2D eigenvalue weighted by molar-refractivity contribution is -0.181. The van der Waals surface area contributed by atoms with Gasteiger partial charge in [0.2, 0.25) is 6.29 Å². The van der Waals surface area contributed by atoms with Crippen molar-refractivity contribution in [2.24, 2.45) is 11.8 Å². The van der Waals surface area contributed by atoms with Crippen molar-refractivity contribution in [3.8, 4) is 0 Å². The van der Waals surface area contributed by atoms with Gasteiger partial charge >= 0.3 is 5.97 Å². The molecule has 0 amide bonds. The zero-order valence-corrected chi connectivity index (χ0v) is 7.80. The molecule has 2 N–H and O–H groups in total. The van der Waals surface area contributed by atoms with Crippen molar-refractivity contribution in [2.75, 3.05) is 0 Å². The molecule has 3 atom stereocenters. The Kier molecular flexibility index (Phi) is 2.07. The van der Waals surface area contributed by atoms with Crippen LogP contribution in [-0.2, 0) is 9.53 Å². The number of hydrogen-bond acceptors (Lipinski definition) is 4. The fraction of sp³-hybridized carbons (Fsp3) is 0.500. The van der Waals surface area contributed by atoms with E-state index >= 15 is 0 Å². The molecule has 4 nitrogen and oxygen atoms in total. The van der Waals surface area contributed by atoms with Crippen LogP contribution in [-0.4, -0.2) is 22.5 Å². The number of esters is 1. The van der Waals surface area contributed by atoms with E-state index in [2.05, 4.69) is 0 Å². The average molecular weight is 196 g/mol. The van der Waals surface area contributed by atoms with Gasteiger partial charge in [0.05, 0.1) is 11.8 Å². The van der Waals surface area contributed by atoms with Crippen molar-refractivity contribution >= 4 is 5.97 Å². The first-order valence-corrected chi connectivity index (χ1v) is 4.55. The van der Waals surface area contributed by atoms with Crippen LogP contribution in [0.2, 0.25) is 0 Å². The fourth-order valence-corrected chi connectivity index (χ4v) is 2.21. The van der Waals surface area contributed by atoms with Gasteiger partial charge in [-0.25, -0.2) is 4.79 Å². The van der Waals surface area contributed by atoms with E-state index in [0.29, 0.717) is 6.42 Å². The molecule has 1 aliphatic carbocycles. The monoisotopic (exact) mass is 196 g/mol. The Labute approximate surface area is 81.5 Å². The SMILES string of the molecule is CC1=CC[C@@H]2/C(=C/O)C(=O)O[C@H](O)[C@H]12. The van der Waals surface area contributed by atoms with Crippen molar-refractivity contribution in [2.45, 2.75) is 19.6 Å². The highest BCUT2D eigenvalue weighted by molar-refractivity contribution is 5.90. The molecule has 0 aromatic heterocycles. The van der Waals surface area contributed by atoms with Crippen molar-refractivity contribution < 1.29 is 19.7 Å². The minimum atomic E-state index is -1.07. The Balaban J connectivity index is 2.34. The predicted octanol–water partition coefficient (Wildman–Crippen LogP) is 0.886. The summed E-state index contributed by atoms with van der Waals surface area (Å²) >= 11 is 0. The van der Waals surface area contributed by atoms with E-state index in [4.69, 9.17) is 9.84 Å². The molecular weight excluding hydrogens is 184 g/mol. The molecule has 2 aliphatic rings. The van der Waals surface area contributed by atoms with Crippen LogP contribution in [0.1, 0.15) is 13.3 Å². The molecule has 0 spiro atoms. The summed E-state index contributed by atoms with van der Waals surface area (Å²) in [6.45, 7) is 1.89. The van der Waals surface area contributed by atoms with E-state index in [1.165, 1.54) is 0 Å². The lowest BCUT2D eigenvalue weighted by Crippen LogP contribution is -2.39. The number of rotatable bonds is 0. The molecule has 4 heteroatoms. The zero-order chi connectivity index (χ0) is 10.3. The maximum Gasteiger partial charge on any atom is 0.339 e. The highest BCUT2D eigenvalue weighted by Gasteiger charge is 2.44. The van der Waals surface area contributed by atoms with Gasteiger partial charge in [0.15, 0.2) is 0 Å².